The first-order valence-corrected chi connectivity index (χ1v) is 5.99. The highest BCUT2D eigenvalue weighted by atomic mass is 15.3. The Morgan fingerprint density at radius 2 is 2.38 bits per heavy atom. The molecule has 0 aromatic carbocycles. The molecule has 0 bridgehead atoms. The van der Waals surface area contributed by atoms with E-state index in [1.807, 2.05) is 0 Å². The lowest BCUT2D eigenvalue weighted by Gasteiger charge is -2.28. The summed E-state index contributed by atoms with van der Waals surface area (Å²) in [5.74, 6) is 1.85. The van der Waals surface area contributed by atoms with Gasteiger partial charge in [0.1, 0.15) is 0 Å². The minimum atomic E-state index is 0.466. The van der Waals surface area contributed by atoms with Gasteiger partial charge in [0.2, 0.25) is 5.96 Å². The van der Waals surface area contributed by atoms with E-state index < -0.39 is 0 Å². The van der Waals surface area contributed by atoms with Crippen molar-refractivity contribution in [1.29, 1.82) is 0 Å². The molecule has 0 unspecified atom stereocenters. The maximum Gasteiger partial charge on any atom is 0.200 e. The van der Waals surface area contributed by atoms with Crippen LogP contribution in [0, 0.1) is 5.92 Å². The number of nitrogens with zero attached hydrogens (tertiary/aromatic N) is 3. The van der Waals surface area contributed by atoms with Crippen LogP contribution in [0.25, 0.3) is 0 Å². The second-order valence-electron chi connectivity index (χ2n) is 4.38. The summed E-state index contributed by atoms with van der Waals surface area (Å²) in [5.41, 5.74) is 5.80. The number of nitrogens with two attached hydrogens (primary N) is 1. The first-order valence-electron chi connectivity index (χ1n) is 5.99. The number of aliphatic imine (C=N–C) groups is 2. The van der Waals surface area contributed by atoms with Crippen LogP contribution in [-0.2, 0) is 0 Å². The summed E-state index contributed by atoms with van der Waals surface area (Å²) >= 11 is 0. The summed E-state index contributed by atoms with van der Waals surface area (Å²) < 4.78 is 0. The minimum Gasteiger partial charge on any atom is -0.370 e. The Morgan fingerprint density at radius 3 is 3.00 bits per heavy atom. The molecule has 0 aromatic heterocycles. The van der Waals surface area contributed by atoms with Crippen LogP contribution in [0.15, 0.2) is 9.98 Å². The largest absolute Gasteiger partial charge is 0.370 e. The molecule has 0 aliphatic carbocycles. The van der Waals surface area contributed by atoms with Crippen molar-refractivity contribution in [3.63, 3.8) is 0 Å². The van der Waals surface area contributed by atoms with Crippen molar-refractivity contribution in [3.05, 3.63) is 0 Å². The molecule has 3 N–H and O–H groups in total. The van der Waals surface area contributed by atoms with Gasteiger partial charge in [0.15, 0.2) is 5.96 Å². The van der Waals surface area contributed by atoms with E-state index >= 15 is 0 Å². The predicted molar refractivity (Wildman–Crippen MR) is 68.6 cm³/mol. The first-order chi connectivity index (χ1) is 7.63. The summed E-state index contributed by atoms with van der Waals surface area (Å²) in [6, 6.07) is 0. The Bertz CT molecular complexity index is 270. The van der Waals surface area contributed by atoms with Crippen LogP contribution < -0.4 is 11.1 Å². The fraction of sp³-hybridized carbons (Fsp3) is 0.818. The normalized spacial score (nSPS) is 17.6. The second-order valence-corrected chi connectivity index (χ2v) is 4.38. The smallest absolute Gasteiger partial charge is 0.200 e. The number of hydrogen-bond acceptors (Lipinski definition) is 3. The molecule has 0 fully saturated rings. The van der Waals surface area contributed by atoms with Crippen molar-refractivity contribution in [2.24, 2.45) is 21.6 Å². The maximum absolute atomic E-state index is 5.80. The molecule has 0 amide bonds. The van der Waals surface area contributed by atoms with Crippen LogP contribution in [0.2, 0.25) is 0 Å². The van der Waals surface area contributed by atoms with Crippen molar-refractivity contribution in [3.8, 4) is 0 Å². The van der Waals surface area contributed by atoms with E-state index in [1.54, 1.807) is 0 Å². The molecule has 1 rings (SSSR count). The van der Waals surface area contributed by atoms with Crippen LogP contribution in [-0.4, -0.2) is 43.0 Å². The Hall–Kier alpha value is -1.26. The number of hydrogen-bond donors (Lipinski definition) is 2. The van der Waals surface area contributed by atoms with Gasteiger partial charge in [-0.2, -0.15) is 0 Å². The van der Waals surface area contributed by atoms with E-state index in [1.165, 1.54) is 0 Å². The van der Waals surface area contributed by atoms with Crippen molar-refractivity contribution >= 4 is 11.9 Å². The van der Waals surface area contributed by atoms with Crippen LogP contribution in [0.5, 0.6) is 0 Å². The van der Waals surface area contributed by atoms with Gasteiger partial charge >= 0.3 is 0 Å². The van der Waals surface area contributed by atoms with E-state index in [4.69, 9.17) is 5.73 Å². The SMILES string of the molecule is CCN1CCCN=C1NC(N)=NCC(C)C. The molecule has 1 aliphatic rings. The Morgan fingerprint density at radius 1 is 1.62 bits per heavy atom. The molecular weight excluding hydrogens is 202 g/mol. The summed E-state index contributed by atoms with van der Waals surface area (Å²) in [5, 5.41) is 3.08. The lowest BCUT2D eigenvalue weighted by atomic mass is 10.2. The zero-order chi connectivity index (χ0) is 12.0. The lowest BCUT2D eigenvalue weighted by Crippen LogP contribution is -2.49. The van der Waals surface area contributed by atoms with Gasteiger partial charge in [-0.1, -0.05) is 13.8 Å². The molecule has 5 heteroatoms. The topological polar surface area (TPSA) is 66.0 Å². The van der Waals surface area contributed by atoms with E-state index in [0.717, 1.165) is 38.6 Å². The van der Waals surface area contributed by atoms with E-state index in [-0.39, 0.29) is 0 Å². The molecular formula is C11H23N5. The van der Waals surface area contributed by atoms with Gasteiger partial charge in [-0.25, -0.2) is 0 Å². The van der Waals surface area contributed by atoms with E-state index in [0.29, 0.717) is 11.9 Å². The zero-order valence-corrected chi connectivity index (χ0v) is 10.5. The fourth-order valence-corrected chi connectivity index (χ4v) is 1.51. The quantitative estimate of drug-likeness (QED) is 0.547. The fourth-order valence-electron chi connectivity index (χ4n) is 1.51. The number of guanidine groups is 2. The predicted octanol–water partition coefficient (Wildman–Crippen LogP) is 0.628. The van der Waals surface area contributed by atoms with E-state index in [2.05, 4.69) is 41.0 Å². The van der Waals surface area contributed by atoms with Gasteiger partial charge in [-0.05, 0) is 19.3 Å². The van der Waals surface area contributed by atoms with Crippen LogP contribution >= 0.6 is 0 Å². The first kappa shape index (κ1) is 12.8. The van der Waals surface area contributed by atoms with Crippen LogP contribution in [0.3, 0.4) is 0 Å². The van der Waals surface area contributed by atoms with Gasteiger partial charge in [0, 0.05) is 26.2 Å². The molecule has 0 saturated carbocycles. The number of nitrogens with one attached hydrogen (secondary N) is 1. The average Bonchev–Trinajstić information content (AvgIpc) is 2.27. The summed E-state index contributed by atoms with van der Waals surface area (Å²) in [4.78, 5) is 10.9. The van der Waals surface area contributed by atoms with Gasteiger partial charge in [-0.3, -0.25) is 15.3 Å². The number of rotatable bonds is 3. The highest BCUT2D eigenvalue weighted by molar-refractivity contribution is 5.98. The molecule has 5 nitrogen and oxygen atoms in total. The Labute approximate surface area is 97.8 Å². The van der Waals surface area contributed by atoms with Crippen molar-refractivity contribution in [2.75, 3.05) is 26.2 Å². The third-order valence-corrected chi connectivity index (χ3v) is 2.40. The average molecular weight is 225 g/mol. The summed E-state index contributed by atoms with van der Waals surface area (Å²) in [7, 11) is 0. The summed E-state index contributed by atoms with van der Waals surface area (Å²) in [6.07, 6.45) is 1.11. The van der Waals surface area contributed by atoms with Gasteiger partial charge in [0.05, 0.1) is 0 Å². The molecule has 0 atom stereocenters. The third kappa shape index (κ3) is 4.08. The maximum atomic E-state index is 5.80. The molecule has 0 saturated heterocycles. The van der Waals surface area contributed by atoms with Gasteiger partial charge in [0.25, 0.3) is 0 Å². The lowest BCUT2D eigenvalue weighted by molar-refractivity contribution is 0.403. The molecule has 1 aliphatic heterocycles. The molecule has 0 spiro atoms. The highest BCUT2D eigenvalue weighted by Crippen LogP contribution is 2.00. The zero-order valence-electron chi connectivity index (χ0n) is 10.5. The van der Waals surface area contributed by atoms with Crippen LogP contribution in [0.4, 0.5) is 0 Å². The standard InChI is InChI=1S/C11H23N5/c1-4-16-7-5-6-13-11(16)15-10(12)14-8-9(2)3/h9H,4-8H2,1-3H3,(H3,12,13,14,15). The molecule has 1 heterocycles. The van der Waals surface area contributed by atoms with E-state index in [9.17, 15) is 0 Å². The molecule has 0 aromatic rings. The van der Waals surface area contributed by atoms with Gasteiger partial charge < -0.3 is 10.6 Å². The molecule has 0 radical (unpaired) electrons. The third-order valence-electron chi connectivity index (χ3n) is 2.40. The monoisotopic (exact) mass is 225 g/mol. The van der Waals surface area contributed by atoms with Crippen molar-refractivity contribution in [2.45, 2.75) is 27.2 Å². The van der Waals surface area contributed by atoms with Crippen molar-refractivity contribution < 1.29 is 0 Å². The Kier molecular flexibility index (Phi) is 5.08. The highest BCUT2D eigenvalue weighted by Gasteiger charge is 2.13. The van der Waals surface area contributed by atoms with Crippen molar-refractivity contribution in [1.82, 2.24) is 10.2 Å². The Balaban J connectivity index is 2.51. The summed E-state index contributed by atoms with van der Waals surface area (Å²) in [6.45, 7) is 9.96. The molecule has 92 valence electrons. The van der Waals surface area contributed by atoms with Crippen LogP contribution in [0.1, 0.15) is 27.2 Å². The van der Waals surface area contributed by atoms with Gasteiger partial charge in [-0.15, -0.1) is 0 Å². The minimum absolute atomic E-state index is 0.466. The molecule has 16 heavy (non-hydrogen) atoms. The second kappa shape index (κ2) is 6.35.